The van der Waals surface area contributed by atoms with E-state index in [4.69, 9.17) is 9.72 Å². The minimum Gasteiger partial charge on any atom is -0.379 e. The molecule has 146 valence electrons. The normalized spacial score (nSPS) is 15.1. The van der Waals surface area contributed by atoms with Gasteiger partial charge in [-0.05, 0) is 25.0 Å². The lowest BCUT2D eigenvalue weighted by atomic mass is 10.1. The number of ether oxygens (including phenoxy) is 1. The molecule has 0 spiro atoms. The van der Waals surface area contributed by atoms with E-state index in [0.717, 1.165) is 48.6 Å². The predicted octanol–water partition coefficient (Wildman–Crippen LogP) is 2.68. The number of fused-ring (bicyclic) bond motifs is 1. The van der Waals surface area contributed by atoms with Gasteiger partial charge in [-0.1, -0.05) is 23.5 Å². The van der Waals surface area contributed by atoms with Gasteiger partial charge in [0, 0.05) is 38.6 Å². The van der Waals surface area contributed by atoms with Crippen molar-refractivity contribution in [3.8, 4) is 0 Å². The monoisotopic (exact) mass is 397 g/mol. The number of amides is 1. The topological polar surface area (TPSA) is 71.5 Å². The second-order valence-electron chi connectivity index (χ2n) is 6.87. The lowest BCUT2D eigenvalue weighted by molar-refractivity contribution is 0.0391. The zero-order chi connectivity index (χ0) is 19.5. The highest BCUT2D eigenvalue weighted by molar-refractivity contribution is 7.22. The van der Waals surface area contributed by atoms with Gasteiger partial charge in [0.25, 0.3) is 5.91 Å². The fraction of sp³-hybridized carbons (Fsp3) is 0.400. The molecular weight excluding hydrogens is 374 g/mol. The number of hydrogen-bond donors (Lipinski definition) is 0. The Morgan fingerprint density at radius 1 is 1.21 bits per heavy atom. The van der Waals surface area contributed by atoms with Crippen molar-refractivity contribution in [3.05, 3.63) is 47.5 Å². The third kappa shape index (κ3) is 3.89. The van der Waals surface area contributed by atoms with Crippen LogP contribution < -0.4 is 4.90 Å². The molecule has 1 aliphatic heterocycles. The van der Waals surface area contributed by atoms with E-state index < -0.39 is 0 Å². The Balaban J connectivity index is 1.66. The zero-order valence-electron chi connectivity index (χ0n) is 16.1. The molecule has 0 bridgehead atoms. The maximum Gasteiger partial charge on any atom is 0.280 e. The van der Waals surface area contributed by atoms with Gasteiger partial charge < -0.3 is 4.74 Å². The van der Waals surface area contributed by atoms with Gasteiger partial charge in [-0.15, -0.1) is 0 Å². The molecule has 0 atom stereocenters. The fourth-order valence-electron chi connectivity index (χ4n) is 3.26. The van der Waals surface area contributed by atoms with Crippen molar-refractivity contribution in [2.45, 2.75) is 13.8 Å². The molecule has 2 aromatic heterocycles. The maximum atomic E-state index is 13.2. The second kappa shape index (κ2) is 8.30. The van der Waals surface area contributed by atoms with Crippen LogP contribution in [-0.2, 0) is 4.74 Å². The third-order valence-electron chi connectivity index (χ3n) is 4.93. The van der Waals surface area contributed by atoms with E-state index in [1.807, 2.05) is 6.92 Å². The molecule has 4 rings (SSSR count). The molecule has 3 aromatic rings. The van der Waals surface area contributed by atoms with Crippen molar-refractivity contribution in [2.24, 2.45) is 0 Å². The number of benzene rings is 1. The summed E-state index contributed by atoms with van der Waals surface area (Å²) in [6.07, 6.45) is 4.62. The van der Waals surface area contributed by atoms with Gasteiger partial charge in [-0.3, -0.25) is 19.6 Å². The van der Waals surface area contributed by atoms with E-state index in [2.05, 4.69) is 33.9 Å². The Labute approximate surface area is 168 Å². The molecule has 1 aliphatic rings. The first kappa shape index (κ1) is 18.9. The van der Waals surface area contributed by atoms with Gasteiger partial charge in [0.15, 0.2) is 5.13 Å². The van der Waals surface area contributed by atoms with Crippen LogP contribution in [0.3, 0.4) is 0 Å². The van der Waals surface area contributed by atoms with Crippen LogP contribution in [0, 0.1) is 13.8 Å². The van der Waals surface area contributed by atoms with Crippen molar-refractivity contribution < 1.29 is 9.53 Å². The number of carbonyl (C=O) groups is 1. The number of aromatic nitrogens is 3. The van der Waals surface area contributed by atoms with Gasteiger partial charge >= 0.3 is 0 Å². The van der Waals surface area contributed by atoms with E-state index in [1.165, 1.54) is 11.8 Å². The van der Waals surface area contributed by atoms with Crippen molar-refractivity contribution in [1.29, 1.82) is 0 Å². The lowest BCUT2D eigenvalue weighted by Gasteiger charge is -2.29. The highest BCUT2D eigenvalue weighted by atomic mass is 32.1. The van der Waals surface area contributed by atoms with Crippen LogP contribution in [0.5, 0.6) is 0 Å². The number of thiazole rings is 1. The Morgan fingerprint density at radius 2 is 2.00 bits per heavy atom. The molecule has 0 saturated carbocycles. The SMILES string of the molecule is Cc1ccc(C)c2sc(N(CCN3CCOCC3)C(=O)c3cnccn3)nc12. The zero-order valence-corrected chi connectivity index (χ0v) is 16.9. The van der Waals surface area contributed by atoms with E-state index in [9.17, 15) is 4.79 Å². The standard InChI is InChI=1S/C20H23N5O2S/c1-14-3-4-15(2)18-17(14)23-20(28-18)25(8-7-24-9-11-27-12-10-24)19(26)16-13-21-5-6-22-16/h3-6,13H,7-12H2,1-2H3. The molecular formula is C20H23N5O2S. The molecule has 8 heteroatoms. The summed E-state index contributed by atoms with van der Waals surface area (Å²) in [7, 11) is 0. The van der Waals surface area contributed by atoms with Crippen LogP contribution in [0.4, 0.5) is 5.13 Å². The molecule has 1 aromatic carbocycles. The highest BCUT2D eigenvalue weighted by Crippen LogP contribution is 2.33. The second-order valence-corrected chi connectivity index (χ2v) is 7.85. The molecule has 1 saturated heterocycles. The summed E-state index contributed by atoms with van der Waals surface area (Å²) in [5.41, 5.74) is 3.58. The average Bonchev–Trinajstić information content (AvgIpc) is 3.19. The maximum absolute atomic E-state index is 13.2. The fourth-order valence-corrected chi connectivity index (χ4v) is 4.40. The molecule has 0 unspecified atom stereocenters. The van der Waals surface area contributed by atoms with Crippen molar-refractivity contribution in [3.63, 3.8) is 0 Å². The predicted molar refractivity (Wildman–Crippen MR) is 110 cm³/mol. The van der Waals surface area contributed by atoms with Crippen molar-refractivity contribution in [1.82, 2.24) is 19.9 Å². The van der Waals surface area contributed by atoms with Crippen LogP contribution in [0.2, 0.25) is 0 Å². The molecule has 7 nitrogen and oxygen atoms in total. The highest BCUT2D eigenvalue weighted by Gasteiger charge is 2.24. The first-order valence-corrected chi connectivity index (χ1v) is 10.2. The summed E-state index contributed by atoms with van der Waals surface area (Å²) < 4.78 is 6.55. The quantitative estimate of drug-likeness (QED) is 0.659. The minimum absolute atomic E-state index is 0.171. The van der Waals surface area contributed by atoms with Crippen molar-refractivity contribution >= 4 is 32.6 Å². The largest absolute Gasteiger partial charge is 0.379 e. The summed E-state index contributed by atoms with van der Waals surface area (Å²) in [5.74, 6) is -0.171. The van der Waals surface area contributed by atoms with Crippen LogP contribution in [0.25, 0.3) is 10.2 Å². The molecule has 0 radical (unpaired) electrons. The molecule has 0 aliphatic carbocycles. The van der Waals surface area contributed by atoms with Crippen LogP contribution in [0.15, 0.2) is 30.7 Å². The molecule has 3 heterocycles. The Bertz CT molecular complexity index is 930. The van der Waals surface area contributed by atoms with E-state index in [1.54, 1.807) is 28.6 Å². The number of rotatable bonds is 5. The van der Waals surface area contributed by atoms with Crippen LogP contribution in [-0.4, -0.2) is 65.2 Å². The lowest BCUT2D eigenvalue weighted by Crippen LogP contribution is -2.43. The molecule has 0 N–H and O–H groups in total. The van der Waals surface area contributed by atoms with Crippen molar-refractivity contribution in [2.75, 3.05) is 44.3 Å². The third-order valence-corrected chi connectivity index (χ3v) is 6.15. The number of aryl methyl sites for hydroxylation is 2. The van der Waals surface area contributed by atoms with Gasteiger partial charge in [-0.25, -0.2) is 9.97 Å². The molecule has 1 amide bonds. The Kier molecular flexibility index (Phi) is 5.61. The average molecular weight is 398 g/mol. The summed E-state index contributed by atoms with van der Waals surface area (Å²) in [6, 6.07) is 4.17. The molecule has 28 heavy (non-hydrogen) atoms. The Hall–Kier alpha value is -2.42. The first-order valence-electron chi connectivity index (χ1n) is 9.38. The summed E-state index contributed by atoms with van der Waals surface area (Å²) >= 11 is 1.56. The minimum atomic E-state index is -0.171. The Morgan fingerprint density at radius 3 is 2.71 bits per heavy atom. The van der Waals surface area contributed by atoms with E-state index >= 15 is 0 Å². The van der Waals surface area contributed by atoms with E-state index in [0.29, 0.717) is 17.4 Å². The number of anilines is 1. The van der Waals surface area contributed by atoms with Crippen LogP contribution >= 0.6 is 11.3 Å². The summed E-state index contributed by atoms with van der Waals surface area (Å²) in [4.78, 5) is 30.3. The van der Waals surface area contributed by atoms with Gasteiger partial charge in [-0.2, -0.15) is 0 Å². The smallest absolute Gasteiger partial charge is 0.280 e. The first-order chi connectivity index (χ1) is 13.6. The number of nitrogens with zero attached hydrogens (tertiary/aromatic N) is 5. The van der Waals surface area contributed by atoms with Gasteiger partial charge in [0.2, 0.25) is 0 Å². The van der Waals surface area contributed by atoms with E-state index in [-0.39, 0.29) is 5.91 Å². The number of carbonyl (C=O) groups excluding carboxylic acids is 1. The number of morpholine rings is 1. The summed E-state index contributed by atoms with van der Waals surface area (Å²) in [5, 5.41) is 0.705. The van der Waals surface area contributed by atoms with Crippen LogP contribution in [0.1, 0.15) is 21.6 Å². The van der Waals surface area contributed by atoms with Gasteiger partial charge in [0.1, 0.15) is 5.69 Å². The van der Waals surface area contributed by atoms with Gasteiger partial charge in [0.05, 0.1) is 29.6 Å². The summed E-state index contributed by atoms with van der Waals surface area (Å²) in [6.45, 7) is 8.67. The molecule has 1 fully saturated rings. The number of hydrogen-bond acceptors (Lipinski definition) is 7.